The van der Waals surface area contributed by atoms with Crippen LogP contribution in [0.15, 0.2) is 64.9 Å². The third-order valence-corrected chi connectivity index (χ3v) is 4.85. The molecule has 3 amide bonds. The van der Waals surface area contributed by atoms with Crippen molar-refractivity contribution in [2.24, 2.45) is 0 Å². The Bertz CT molecular complexity index is 997. The van der Waals surface area contributed by atoms with Crippen molar-refractivity contribution in [3.63, 3.8) is 0 Å². The van der Waals surface area contributed by atoms with Crippen LogP contribution in [0.1, 0.15) is 11.3 Å². The summed E-state index contributed by atoms with van der Waals surface area (Å²) in [5.41, 5.74) is 2.03. The number of hydrogen-bond donors (Lipinski definition) is 2. The third kappa shape index (κ3) is 5.58. The van der Waals surface area contributed by atoms with Gasteiger partial charge in [-0.15, -0.1) is 16.8 Å². The minimum absolute atomic E-state index is 0.0195. The van der Waals surface area contributed by atoms with E-state index in [2.05, 4.69) is 27.4 Å². The summed E-state index contributed by atoms with van der Waals surface area (Å²) in [4.78, 5) is 23.6. The van der Waals surface area contributed by atoms with Gasteiger partial charge in [-0.05, 0) is 25.1 Å². The number of carbonyl (C=O) groups is 2. The minimum atomic E-state index is -0.562. The van der Waals surface area contributed by atoms with Crippen LogP contribution in [0.25, 0.3) is 11.4 Å². The number of urea groups is 1. The summed E-state index contributed by atoms with van der Waals surface area (Å²) >= 11 is 1.20. The Kier molecular flexibility index (Phi) is 6.85. The van der Waals surface area contributed by atoms with Crippen LogP contribution in [0.4, 0.5) is 4.79 Å². The summed E-state index contributed by atoms with van der Waals surface area (Å²) in [6.45, 7) is 6.22. The Morgan fingerprint density at radius 3 is 2.86 bits per heavy atom. The Labute approximate surface area is 172 Å². The lowest BCUT2D eigenvalue weighted by molar-refractivity contribution is -0.117. The van der Waals surface area contributed by atoms with Gasteiger partial charge in [-0.3, -0.25) is 14.7 Å². The second kappa shape index (κ2) is 9.74. The van der Waals surface area contributed by atoms with Gasteiger partial charge in [-0.2, -0.15) is 0 Å². The lowest BCUT2D eigenvalue weighted by Crippen LogP contribution is -2.40. The minimum Gasteiger partial charge on any atom is -0.467 e. The summed E-state index contributed by atoms with van der Waals surface area (Å²) < 4.78 is 7.36. The molecule has 3 aromatic rings. The van der Waals surface area contributed by atoms with Gasteiger partial charge in [0, 0.05) is 12.1 Å². The molecule has 0 bridgehead atoms. The van der Waals surface area contributed by atoms with Gasteiger partial charge in [0.15, 0.2) is 11.0 Å². The number of amides is 3. The second-order valence-electron chi connectivity index (χ2n) is 6.18. The van der Waals surface area contributed by atoms with E-state index in [9.17, 15) is 9.59 Å². The summed E-state index contributed by atoms with van der Waals surface area (Å²) in [7, 11) is 0. The van der Waals surface area contributed by atoms with E-state index in [-0.39, 0.29) is 12.3 Å². The molecule has 0 unspecified atom stereocenters. The maximum atomic E-state index is 12.0. The number of furan rings is 1. The highest BCUT2D eigenvalue weighted by atomic mass is 32.2. The average molecular weight is 411 g/mol. The van der Waals surface area contributed by atoms with Crippen molar-refractivity contribution in [2.45, 2.75) is 18.6 Å². The fourth-order valence-corrected chi connectivity index (χ4v) is 3.33. The highest BCUT2D eigenvalue weighted by Crippen LogP contribution is 2.25. The number of thioether (sulfide) groups is 1. The molecule has 2 aromatic heterocycles. The van der Waals surface area contributed by atoms with Gasteiger partial charge < -0.3 is 9.73 Å². The zero-order valence-electron chi connectivity index (χ0n) is 15.9. The molecule has 150 valence electrons. The standard InChI is InChI=1S/C20H21N5O3S/c1-3-9-21-19(27)22-17(26)13-29-20-24-23-18(15-7-4-6-14(2)11-15)25(20)12-16-8-5-10-28-16/h3-8,10-11H,1,9,12-13H2,2H3,(H2,21,22,26,27). The molecule has 0 saturated carbocycles. The molecule has 0 spiro atoms. The van der Waals surface area contributed by atoms with E-state index in [1.807, 2.05) is 47.9 Å². The first-order valence-electron chi connectivity index (χ1n) is 8.91. The van der Waals surface area contributed by atoms with E-state index in [0.29, 0.717) is 17.5 Å². The molecule has 2 N–H and O–H groups in total. The van der Waals surface area contributed by atoms with Gasteiger partial charge in [0.2, 0.25) is 5.91 Å². The van der Waals surface area contributed by atoms with E-state index >= 15 is 0 Å². The van der Waals surface area contributed by atoms with Crippen LogP contribution in [0.3, 0.4) is 0 Å². The van der Waals surface area contributed by atoms with E-state index in [0.717, 1.165) is 16.9 Å². The van der Waals surface area contributed by atoms with Crippen LogP contribution in [-0.4, -0.2) is 39.0 Å². The molecule has 1 aromatic carbocycles. The number of aryl methyl sites for hydroxylation is 1. The molecule has 0 saturated heterocycles. The maximum Gasteiger partial charge on any atom is 0.321 e. The summed E-state index contributed by atoms with van der Waals surface area (Å²) in [5.74, 6) is 1.01. The lowest BCUT2D eigenvalue weighted by Gasteiger charge is -2.09. The van der Waals surface area contributed by atoms with Gasteiger partial charge in [-0.25, -0.2) is 4.79 Å². The molecule has 0 radical (unpaired) electrons. The monoisotopic (exact) mass is 411 g/mol. The van der Waals surface area contributed by atoms with Crippen LogP contribution < -0.4 is 10.6 Å². The van der Waals surface area contributed by atoms with Crippen LogP contribution in [0, 0.1) is 6.92 Å². The Balaban J connectivity index is 1.76. The maximum absolute atomic E-state index is 12.0. The zero-order valence-corrected chi connectivity index (χ0v) is 16.7. The fraction of sp³-hybridized carbons (Fsp3) is 0.200. The summed E-state index contributed by atoms with van der Waals surface area (Å²) in [5, 5.41) is 13.9. The number of aromatic nitrogens is 3. The molecule has 8 nitrogen and oxygen atoms in total. The molecule has 3 rings (SSSR count). The van der Waals surface area contributed by atoms with Gasteiger partial charge >= 0.3 is 6.03 Å². The smallest absolute Gasteiger partial charge is 0.321 e. The molecule has 0 aliphatic rings. The molecule has 0 fully saturated rings. The van der Waals surface area contributed by atoms with Crippen molar-refractivity contribution in [3.8, 4) is 11.4 Å². The number of imide groups is 1. The van der Waals surface area contributed by atoms with Crippen LogP contribution >= 0.6 is 11.8 Å². The third-order valence-electron chi connectivity index (χ3n) is 3.88. The predicted octanol–water partition coefficient (Wildman–Crippen LogP) is 3.00. The van der Waals surface area contributed by atoms with Crippen molar-refractivity contribution in [3.05, 3.63) is 66.6 Å². The van der Waals surface area contributed by atoms with Crippen molar-refractivity contribution in [2.75, 3.05) is 12.3 Å². The number of nitrogens with zero attached hydrogens (tertiary/aromatic N) is 3. The number of hydrogen-bond acceptors (Lipinski definition) is 6. The zero-order chi connectivity index (χ0) is 20.6. The number of nitrogens with one attached hydrogen (secondary N) is 2. The topological polar surface area (TPSA) is 102 Å². The first-order chi connectivity index (χ1) is 14.1. The highest BCUT2D eigenvalue weighted by molar-refractivity contribution is 7.99. The van der Waals surface area contributed by atoms with Crippen molar-refractivity contribution in [1.82, 2.24) is 25.4 Å². The number of benzene rings is 1. The predicted molar refractivity (Wildman–Crippen MR) is 110 cm³/mol. The van der Waals surface area contributed by atoms with Gasteiger partial charge in [0.05, 0.1) is 18.6 Å². The molecule has 29 heavy (non-hydrogen) atoms. The van der Waals surface area contributed by atoms with E-state index < -0.39 is 11.9 Å². The van der Waals surface area contributed by atoms with E-state index in [4.69, 9.17) is 4.42 Å². The van der Waals surface area contributed by atoms with Crippen molar-refractivity contribution >= 4 is 23.7 Å². The normalized spacial score (nSPS) is 10.5. The SMILES string of the molecule is C=CCNC(=O)NC(=O)CSc1nnc(-c2cccc(C)c2)n1Cc1ccco1. The van der Waals surface area contributed by atoms with Crippen LogP contribution in [0.5, 0.6) is 0 Å². The molecule has 2 heterocycles. The fourth-order valence-electron chi connectivity index (χ4n) is 2.60. The average Bonchev–Trinajstić information content (AvgIpc) is 3.35. The number of carbonyl (C=O) groups excluding carboxylic acids is 2. The second-order valence-corrected chi connectivity index (χ2v) is 7.12. The van der Waals surface area contributed by atoms with Gasteiger partial charge in [0.1, 0.15) is 5.76 Å². The van der Waals surface area contributed by atoms with E-state index in [1.165, 1.54) is 17.8 Å². The molecular weight excluding hydrogens is 390 g/mol. The highest BCUT2D eigenvalue weighted by Gasteiger charge is 2.17. The van der Waals surface area contributed by atoms with Crippen LogP contribution in [0.2, 0.25) is 0 Å². The van der Waals surface area contributed by atoms with E-state index in [1.54, 1.807) is 6.26 Å². The van der Waals surface area contributed by atoms with Gasteiger partial charge in [0.25, 0.3) is 0 Å². The number of rotatable bonds is 8. The molecule has 0 atom stereocenters. The molecule has 9 heteroatoms. The first kappa shape index (κ1) is 20.4. The summed E-state index contributed by atoms with van der Waals surface area (Å²) in [6, 6.07) is 11.1. The van der Waals surface area contributed by atoms with Crippen molar-refractivity contribution < 1.29 is 14.0 Å². The summed E-state index contributed by atoms with van der Waals surface area (Å²) in [6.07, 6.45) is 3.14. The Morgan fingerprint density at radius 1 is 1.28 bits per heavy atom. The Hall–Kier alpha value is -3.33. The molecule has 0 aliphatic heterocycles. The lowest BCUT2D eigenvalue weighted by atomic mass is 10.1. The largest absolute Gasteiger partial charge is 0.467 e. The quantitative estimate of drug-likeness (QED) is 0.436. The van der Waals surface area contributed by atoms with Crippen molar-refractivity contribution in [1.29, 1.82) is 0 Å². The molecule has 0 aliphatic carbocycles. The van der Waals surface area contributed by atoms with Crippen LogP contribution in [-0.2, 0) is 11.3 Å². The molecular formula is C20H21N5O3S. The Morgan fingerprint density at radius 2 is 2.14 bits per heavy atom. The van der Waals surface area contributed by atoms with Gasteiger partial charge in [-0.1, -0.05) is 41.6 Å². The first-order valence-corrected chi connectivity index (χ1v) is 9.89.